The summed E-state index contributed by atoms with van der Waals surface area (Å²) < 4.78 is 28.1. The lowest BCUT2D eigenvalue weighted by Gasteiger charge is -2.16. The summed E-state index contributed by atoms with van der Waals surface area (Å²) >= 11 is 0. The first-order valence-electron chi connectivity index (χ1n) is 8.18. The molecule has 2 heterocycles. The molecule has 0 spiro atoms. The summed E-state index contributed by atoms with van der Waals surface area (Å²) in [7, 11) is -3.20. The van der Waals surface area contributed by atoms with Gasteiger partial charge in [-0.25, -0.2) is 8.42 Å². The predicted molar refractivity (Wildman–Crippen MR) is 102 cm³/mol. The molecular formula is C18H23ClN2O4S. The fraction of sp³-hybridized carbons (Fsp3) is 0.389. The van der Waals surface area contributed by atoms with Gasteiger partial charge in [-0.05, 0) is 30.2 Å². The Morgan fingerprint density at radius 3 is 2.50 bits per heavy atom. The second-order valence-corrected chi connectivity index (χ2v) is 8.70. The number of furan rings is 1. The van der Waals surface area contributed by atoms with E-state index >= 15 is 0 Å². The van der Waals surface area contributed by atoms with Gasteiger partial charge in [0.1, 0.15) is 11.5 Å². The highest BCUT2D eigenvalue weighted by Gasteiger charge is 2.36. The van der Waals surface area contributed by atoms with Crippen LogP contribution in [-0.4, -0.2) is 45.1 Å². The number of likely N-dealkylation sites (tertiary alicyclic amines) is 1. The number of rotatable bonds is 5. The average Bonchev–Trinajstić information content (AvgIpc) is 3.20. The van der Waals surface area contributed by atoms with Crippen molar-refractivity contribution in [2.45, 2.75) is 11.7 Å². The molecule has 0 saturated carbocycles. The van der Waals surface area contributed by atoms with Crippen molar-refractivity contribution in [3.8, 4) is 0 Å². The first-order valence-corrected chi connectivity index (χ1v) is 10.2. The Balaban J connectivity index is 0.00000243. The molecule has 2 aromatic rings. The van der Waals surface area contributed by atoms with Crippen molar-refractivity contribution in [3.05, 3.63) is 59.5 Å². The van der Waals surface area contributed by atoms with Gasteiger partial charge in [-0.15, -0.1) is 12.4 Å². The minimum absolute atomic E-state index is 0. The van der Waals surface area contributed by atoms with E-state index in [0.717, 1.165) is 6.26 Å². The summed E-state index contributed by atoms with van der Waals surface area (Å²) in [6.07, 6.45) is 1.13. The smallest absolute Gasteiger partial charge is 0.289 e. The van der Waals surface area contributed by atoms with Crippen molar-refractivity contribution in [1.29, 1.82) is 0 Å². The van der Waals surface area contributed by atoms with Crippen molar-refractivity contribution >= 4 is 28.2 Å². The van der Waals surface area contributed by atoms with Crippen LogP contribution >= 0.6 is 12.4 Å². The monoisotopic (exact) mass is 398 g/mol. The number of nitrogens with two attached hydrogens (primary N) is 1. The summed E-state index contributed by atoms with van der Waals surface area (Å²) in [5.41, 5.74) is 7.08. The molecule has 0 aliphatic carbocycles. The van der Waals surface area contributed by atoms with Crippen molar-refractivity contribution < 1.29 is 17.6 Å². The van der Waals surface area contributed by atoms with E-state index in [4.69, 9.17) is 10.2 Å². The minimum atomic E-state index is -3.20. The Morgan fingerprint density at radius 2 is 1.88 bits per heavy atom. The minimum Gasteiger partial charge on any atom is -0.455 e. The van der Waals surface area contributed by atoms with Gasteiger partial charge in [-0.1, -0.05) is 30.3 Å². The summed E-state index contributed by atoms with van der Waals surface area (Å²) in [6, 6.07) is 13.1. The summed E-state index contributed by atoms with van der Waals surface area (Å²) in [6.45, 7) is 1.64. The fourth-order valence-corrected chi connectivity index (χ4v) is 4.01. The molecule has 3 rings (SSSR count). The predicted octanol–water partition coefficient (Wildman–Crippen LogP) is 2.06. The molecule has 2 atom stereocenters. The maximum atomic E-state index is 12.7. The topological polar surface area (TPSA) is 93.6 Å². The van der Waals surface area contributed by atoms with Gasteiger partial charge >= 0.3 is 0 Å². The van der Waals surface area contributed by atoms with Crippen LogP contribution in [-0.2, 0) is 15.6 Å². The van der Waals surface area contributed by atoms with Crippen LogP contribution < -0.4 is 5.73 Å². The molecule has 1 aromatic heterocycles. The molecule has 0 bridgehead atoms. The van der Waals surface area contributed by atoms with Crippen LogP contribution in [0.15, 0.2) is 46.9 Å². The van der Waals surface area contributed by atoms with E-state index in [2.05, 4.69) is 12.1 Å². The molecule has 2 N–H and O–H groups in total. The zero-order chi connectivity index (χ0) is 18.0. The van der Waals surface area contributed by atoms with Crippen LogP contribution in [0.2, 0.25) is 0 Å². The van der Waals surface area contributed by atoms with Gasteiger partial charge < -0.3 is 15.1 Å². The molecule has 6 nitrogen and oxygen atoms in total. The van der Waals surface area contributed by atoms with Crippen LogP contribution in [0.4, 0.5) is 0 Å². The fourth-order valence-electron chi connectivity index (χ4n) is 3.34. The Hall–Kier alpha value is -1.83. The third kappa shape index (κ3) is 4.66. The first-order chi connectivity index (χ1) is 11.9. The average molecular weight is 399 g/mol. The molecule has 1 saturated heterocycles. The normalized spacial score (nSPS) is 20.0. The van der Waals surface area contributed by atoms with E-state index in [1.165, 1.54) is 11.6 Å². The van der Waals surface area contributed by atoms with Crippen LogP contribution in [0.25, 0.3) is 0 Å². The van der Waals surface area contributed by atoms with Crippen molar-refractivity contribution in [2.75, 3.05) is 25.9 Å². The molecule has 0 unspecified atom stereocenters. The second-order valence-electron chi connectivity index (χ2n) is 6.56. The molecule has 1 fully saturated rings. The van der Waals surface area contributed by atoms with Crippen molar-refractivity contribution in [3.63, 3.8) is 0 Å². The van der Waals surface area contributed by atoms with Crippen LogP contribution in [0.1, 0.15) is 27.8 Å². The summed E-state index contributed by atoms with van der Waals surface area (Å²) in [5, 5.41) is 0. The Labute approximate surface area is 159 Å². The number of amides is 1. The maximum Gasteiger partial charge on any atom is 0.289 e. The van der Waals surface area contributed by atoms with Crippen LogP contribution in [0, 0.1) is 5.92 Å². The molecule has 142 valence electrons. The molecule has 1 amide bonds. The molecule has 0 radical (unpaired) electrons. The lowest BCUT2D eigenvalue weighted by molar-refractivity contribution is 0.0753. The molecule has 26 heavy (non-hydrogen) atoms. The van der Waals surface area contributed by atoms with Gasteiger partial charge in [0.25, 0.3) is 5.91 Å². The highest BCUT2D eigenvalue weighted by Crippen LogP contribution is 2.33. The quantitative estimate of drug-likeness (QED) is 0.831. The molecule has 1 aliphatic heterocycles. The van der Waals surface area contributed by atoms with E-state index < -0.39 is 9.84 Å². The number of benzene rings is 1. The highest BCUT2D eigenvalue weighted by atomic mass is 35.5. The van der Waals surface area contributed by atoms with Gasteiger partial charge in [0, 0.05) is 25.3 Å². The highest BCUT2D eigenvalue weighted by molar-refractivity contribution is 7.89. The van der Waals surface area contributed by atoms with Crippen molar-refractivity contribution in [2.24, 2.45) is 11.7 Å². The number of nitrogens with zero attached hydrogens (tertiary/aromatic N) is 1. The second kappa shape index (κ2) is 8.24. The zero-order valence-corrected chi connectivity index (χ0v) is 16.1. The Morgan fingerprint density at radius 1 is 1.19 bits per heavy atom. The number of carbonyl (C=O) groups excluding carboxylic acids is 1. The first kappa shape index (κ1) is 20.5. The standard InChI is InChI=1S/C18H22N2O4S.ClH/c1-25(22,23)12-15-7-8-17(24-15)18(21)20-10-14(9-19)16(11-20)13-5-3-2-4-6-13;/h2-8,14,16H,9-12,19H2,1H3;1H/t14-,16+;/m1./s1. The Bertz CT molecular complexity index is 851. The van der Waals surface area contributed by atoms with Gasteiger partial charge in [-0.3, -0.25) is 4.79 Å². The number of carbonyl (C=O) groups is 1. The van der Waals surface area contributed by atoms with E-state index in [1.54, 1.807) is 11.0 Å². The van der Waals surface area contributed by atoms with Gasteiger partial charge in [-0.2, -0.15) is 0 Å². The zero-order valence-electron chi connectivity index (χ0n) is 14.5. The van der Waals surface area contributed by atoms with Crippen molar-refractivity contribution in [1.82, 2.24) is 4.90 Å². The molecule has 1 aliphatic rings. The Kier molecular flexibility index (Phi) is 6.49. The number of hydrogen-bond acceptors (Lipinski definition) is 5. The molecular weight excluding hydrogens is 376 g/mol. The summed E-state index contributed by atoms with van der Waals surface area (Å²) in [4.78, 5) is 14.4. The van der Waals surface area contributed by atoms with E-state index in [9.17, 15) is 13.2 Å². The number of halogens is 1. The van der Waals surface area contributed by atoms with Crippen LogP contribution in [0.3, 0.4) is 0 Å². The van der Waals surface area contributed by atoms with Gasteiger partial charge in [0.15, 0.2) is 15.6 Å². The van der Waals surface area contributed by atoms with E-state index in [0.29, 0.717) is 19.6 Å². The summed E-state index contributed by atoms with van der Waals surface area (Å²) in [5.74, 6) is 0.399. The third-order valence-corrected chi connectivity index (χ3v) is 5.34. The lowest BCUT2D eigenvalue weighted by Crippen LogP contribution is -2.29. The number of hydrogen-bond donors (Lipinski definition) is 1. The number of sulfone groups is 1. The van der Waals surface area contributed by atoms with E-state index in [-0.39, 0.29) is 47.4 Å². The maximum absolute atomic E-state index is 12.7. The van der Waals surface area contributed by atoms with Crippen LogP contribution in [0.5, 0.6) is 0 Å². The largest absolute Gasteiger partial charge is 0.455 e. The molecule has 8 heteroatoms. The van der Waals surface area contributed by atoms with Gasteiger partial charge in [0.05, 0.1) is 0 Å². The third-order valence-electron chi connectivity index (χ3n) is 4.54. The van der Waals surface area contributed by atoms with Gasteiger partial charge in [0.2, 0.25) is 0 Å². The molecule has 1 aromatic carbocycles. The lowest BCUT2D eigenvalue weighted by atomic mass is 9.89. The van der Waals surface area contributed by atoms with E-state index in [1.807, 2.05) is 18.2 Å². The SMILES string of the molecule is CS(=O)(=O)Cc1ccc(C(=O)N2C[C@@H](CN)[C@H](c3ccccc3)C2)o1.Cl.